The van der Waals surface area contributed by atoms with Gasteiger partial charge >= 0.3 is 5.97 Å². The fourth-order valence-corrected chi connectivity index (χ4v) is 4.82. The lowest BCUT2D eigenvalue weighted by molar-refractivity contribution is 0.0375. The number of carbonyl (C=O) groups excluding carboxylic acids is 1. The van der Waals surface area contributed by atoms with Crippen molar-refractivity contribution in [2.24, 2.45) is 11.8 Å². The molecule has 8 heteroatoms. The quantitative estimate of drug-likeness (QED) is 0.681. The van der Waals surface area contributed by atoms with E-state index in [0.717, 1.165) is 37.0 Å². The van der Waals surface area contributed by atoms with Gasteiger partial charge in [-0.25, -0.2) is 19.7 Å². The van der Waals surface area contributed by atoms with Crippen molar-refractivity contribution in [1.82, 2.24) is 19.5 Å². The van der Waals surface area contributed by atoms with Crippen molar-refractivity contribution < 1.29 is 14.6 Å². The summed E-state index contributed by atoms with van der Waals surface area (Å²) < 4.78 is 6.83. The fourth-order valence-electron chi connectivity index (χ4n) is 4.82. The van der Waals surface area contributed by atoms with Gasteiger partial charge in [-0.05, 0) is 36.8 Å². The smallest absolute Gasteiger partial charge is 0.341 e. The largest absolute Gasteiger partial charge is 0.465 e. The van der Waals surface area contributed by atoms with Crippen LogP contribution in [0.3, 0.4) is 0 Å². The molecule has 0 radical (unpaired) electrons. The van der Waals surface area contributed by atoms with Gasteiger partial charge < -0.3 is 19.3 Å². The predicted molar refractivity (Wildman–Crippen MR) is 107 cm³/mol. The number of hydrogen-bond donors (Lipinski definition) is 1. The first-order chi connectivity index (χ1) is 14.1. The van der Waals surface area contributed by atoms with Gasteiger partial charge in [0.1, 0.15) is 0 Å². The van der Waals surface area contributed by atoms with E-state index in [4.69, 9.17) is 4.74 Å². The molecule has 150 valence electrons. The van der Waals surface area contributed by atoms with Crippen LogP contribution in [0.2, 0.25) is 0 Å². The predicted octanol–water partition coefficient (Wildman–Crippen LogP) is 2.06. The number of benzene rings is 1. The molecule has 1 saturated carbocycles. The number of aliphatic hydroxyl groups is 1. The number of nitrogens with zero attached hydrogens (tertiary/aromatic N) is 5. The van der Waals surface area contributed by atoms with E-state index < -0.39 is 12.1 Å². The molecule has 3 aromatic rings. The summed E-state index contributed by atoms with van der Waals surface area (Å²) in [5.74, 6) is 1.03. The minimum Gasteiger partial charge on any atom is -0.465 e. The van der Waals surface area contributed by atoms with E-state index in [-0.39, 0.29) is 6.04 Å². The maximum absolute atomic E-state index is 11.6. The Morgan fingerprint density at radius 1 is 1.10 bits per heavy atom. The van der Waals surface area contributed by atoms with Crippen LogP contribution in [0.4, 0.5) is 5.95 Å². The number of carbonyl (C=O) groups is 1. The zero-order chi connectivity index (χ0) is 20.0. The summed E-state index contributed by atoms with van der Waals surface area (Å²) in [6.45, 7) is 1.66. The standard InChI is InChI=1S/C21H23N5O3/c1-29-20(28)15-8-22-21(23-9-15)25-10-13-6-18(19(27)7-14(13)11-25)26-12-24-16-4-2-3-5-17(16)26/h2-5,8-9,12-14,18-19,27H,6-7,10-11H2,1H3/t13-,14+,18-,19-/m1/s1. The molecule has 0 unspecified atom stereocenters. The summed E-state index contributed by atoms with van der Waals surface area (Å²) >= 11 is 0. The first-order valence-electron chi connectivity index (χ1n) is 9.89. The van der Waals surface area contributed by atoms with Gasteiger partial charge in [-0.2, -0.15) is 0 Å². The first-order valence-corrected chi connectivity index (χ1v) is 9.89. The molecular weight excluding hydrogens is 370 g/mol. The van der Waals surface area contributed by atoms with E-state index in [0.29, 0.717) is 23.3 Å². The highest BCUT2D eigenvalue weighted by Crippen LogP contribution is 2.42. The van der Waals surface area contributed by atoms with Crippen molar-refractivity contribution in [2.75, 3.05) is 25.1 Å². The highest BCUT2D eigenvalue weighted by molar-refractivity contribution is 5.88. The van der Waals surface area contributed by atoms with Crippen molar-refractivity contribution in [3.05, 3.63) is 48.5 Å². The number of aromatic nitrogens is 4. The number of ether oxygens (including phenoxy) is 1. The second-order valence-electron chi connectivity index (χ2n) is 7.94. The number of hydrogen-bond acceptors (Lipinski definition) is 7. The van der Waals surface area contributed by atoms with Gasteiger partial charge in [-0.3, -0.25) is 0 Å². The average Bonchev–Trinajstić information content (AvgIpc) is 3.36. The summed E-state index contributed by atoms with van der Waals surface area (Å²) in [5.41, 5.74) is 2.36. The van der Waals surface area contributed by atoms with Crippen LogP contribution < -0.4 is 4.90 Å². The molecular formula is C21H23N5O3. The molecule has 0 spiro atoms. The highest BCUT2D eigenvalue weighted by Gasteiger charge is 2.43. The molecule has 8 nitrogen and oxygen atoms in total. The lowest BCUT2D eigenvalue weighted by Crippen LogP contribution is -2.36. The van der Waals surface area contributed by atoms with Crippen LogP contribution in [0.15, 0.2) is 43.0 Å². The molecule has 1 aliphatic carbocycles. The minimum atomic E-state index is -0.440. The van der Waals surface area contributed by atoms with E-state index in [2.05, 4.69) is 30.5 Å². The van der Waals surface area contributed by atoms with Gasteiger partial charge in [-0.15, -0.1) is 0 Å². The summed E-state index contributed by atoms with van der Waals surface area (Å²) in [5, 5.41) is 10.9. The summed E-state index contributed by atoms with van der Waals surface area (Å²) in [4.78, 5) is 26.9. The SMILES string of the molecule is COC(=O)c1cnc(N2C[C@H]3C[C@@H](n4cnc5ccccc54)[C@H](O)C[C@H]3C2)nc1. The monoisotopic (exact) mass is 393 g/mol. The third-order valence-electron chi connectivity index (χ3n) is 6.29. The molecule has 2 aliphatic rings. The summed E-state index contributed by atoms with van der Waals surface area (Å²) in [6.07, 6.45) is 6.09. The molecule has 4 atom stereocenters. The van der Waals surface area contributed by atoms with Gasteiger partial charge in [0, 0.05) is 25.5 Å². The molecule has 2 fully saturated rings. The number of anilines is 1. The Morgan fingerprint density at radius 3 is 2.59 bits per heavy atom. The summed E-state index contributed by atoms with van der Waals surface area (Å²) in [6, 6.07) is 8.06. The van der Waals surface area contributed by atoms with Crippen LogP contribution in [0.1, 0.15) is 29.2 Å². The molecule has 2 aromatic heterocycles. The molecule has 1 N–H and O–H groups in total. The topological polar surface area (TPSA) is 93.4 Å². The fraction of sp³-hybridized carbons (Fsp3) is 0.429. The normalized spacial score (nSPS) is 26.5. The molecule has 0 bridgehead atoms. The van der Waals surface area contributed by atoms with Crippen molar-refractivity contribution in [3.63, 3.8) is 0 Å². The van der Waals surface area contributed by atoms with E-state index in [1.165, 1.54) is 19.5 Å². The number of aliphatic hydroxyl groups excluding tert-OH is 1. The third-order valence-corrected chi connectivity index (χ3v) is 6.29. The average molecular weight is 393 g/mol. The number of para-hydroxylation sites is 2. The van der Waals surface area contributed by atoms with Crippen LogP contribution in [0.5, 0.6) is 0 Å². The first kappa shape index (κ1) is 18.1. The molecule has 5 rings (SSSR count). The Bertz CT molecular complexity index is 1030. The number of esters is 1. The highest BCUT2D eigenvalue weighted by atomic mass is 16.5. The lowest BCUT2D eigenvalue weighted by Gasteiger charge is -2.36. The van der Waals surface area contributed by atoms with Gasteiger partial charge in [0.25, 0.3) is 0 Å². The number of imidazole rings is 1. The molecule has 29 heavy (non-hydrogen) atoms. The Hall–Kier alpha value is -3.00. The van der Waals surface area contributed by atoms with E-state index in [1.54, 1.807) is 0 Å². The number of methoxy groups -OCH3 is 1. The Labute approximate surface area is 168 Å². The van der Waals surface area contributed by atoms with Crippen LogP contribution in [-0.2, 0) is 4.74 Å². The second kappa shape index (κ2) is 7.11. The van der Waals surface area contributed by atoms with Crippen LogP contribution in [-0.4, -0.2) is 56.9 Å². The van der Waals surface area contributed by atoms with Gasteiger partial charge in [0.2, 0.25) is 5.95 Å². The second-order valence-corrected chi connectivity index (χ2v) is 7.94. The van der Waals surface area contributed by atoms with Crippen molar-refractivity contribution in [2.45, 2.75) is 25.0 Å². The Kier molecular flexibility index (Phi) is 4.43. The van der Waals surface area contributed by atoms with Gasteiger partial charge in [0.05, 0.1) is 42.2 Å². The maximum atomic E-state index is 11.6. The summed E-state index contributed by atoms with van der Waals surface area (Å²) in [7, 11) is 1.34. The lowest BCUT2D eigenvalue weighted by atomic mass is 9.77. The van der Waals surface area contributed by atoms with E-state index in [1.807, 2.05) is 24.5 Å². The van der Waals surface area contributed by atoms with Crippen molar-refractivity contribution in [3.8, 4) is 0 Å². The third kappa shape index (κ3) is 3.13. The van der Waals surface area contributed by atoms with E-state index >= 15 is 0 Å². The van der Waals surface area contributed by atoms with Crippen molar-refractivity contribution >= 4 is 23.0 Å². The van der Waals surface area contributed by atoms with Crippen molar-refractivity contribution in [1.29, 1.82) is 0 Å². The molecule has 1 saturated heterocycles. The number of rotatable bonds is 3. The van der Waals surface area contributed by atoms with Crippen LogP contribution in [0, 0.1) is 11.8 Å². The van der Waals surface area contributed by atoms with E-state index in [9.17, 15) is 9.90 Å². The zero-order valence-electron chi connectivity index (χ0n) is 16.2. The zero-order valence-corrected chi connectivity index (χ0v) is 16.2. The Balaban J connectivity index is 1.34. The maximum Gasteiger partial charge on any atom is 0.341 e. The number of fused-ring (bicyclic) bond motifs is 2. The molecule has 1 aliphatic heterocycles. The minimum absolute atomic E-state index is 0.0196. The van der Waals surface area contributed by atoms with Gasteiger partial charge in [0.15, 0.2) is 0 Å². The van der Waals surface area contributed by atoms with Crippen LogP contribution >= 0.6 is 0 Å². The molecule has 0 amide bonds. The molecule has 3 heterocycles. The van der Waals surface area contributed by atoms with Crippen LogP contribution in [0.25, 0.3) is 11.0 Å². The van der Waals surface area contributed by atoms with Gasteiger partial charge in [-0.1, -0.05) is 12.1 Å². The molecule has 1 aromatic carbocycles. The Morgan fingerprint density at radius 2 is 1.83 bits per heavy atom.